The summed E-state index contributed by atoms with van der Waals surface area (Å²) in [5, 5.41) is 7.53. The van der Waals surface area contributed by atoms with Crippen molar-refractivity contribution in [3.8, 4) is 56.4 Å². The molecule has 0 unspecified atom stereocenters. The van der Waals surface area contributed by atoms with Crippen LogP contribution in [0.2, 0.25) is 0 Å². The topological polar surface area (TPSA) is 71.1 Å². The molecule has 10 aromatic rings. The zero-order valence-corrected chi connectivity index (χ0v) is 39.9. The summed E-state index contributed by atoms with van der Waals surface area (Å²) in [6.07, 6.45) is 0. The van der Waals surface area contributed by atoms with Gasteiger partial charge in [-0.05, 0) is 80.2 Å². The molecule has 0 N–H and O–H groups in total. The van der Waals surface area contributed by atoms with Gasteiger partial charge in [-0.15, -0.1) is 0 Å². The predicted octanol–water partition coefficient (Wildman–Crippen LogP) is 12.3. The van der Waals surface area contributed by atoms with Gasteiger partial charge in [-0.3, -0.25) is 0 Å². The summed E-state index contributed by atoms with van der Waals surface area (Å²) in [4.78, 5) is 0. The number of ether oxygens (including phenoxy) is 4. The summed E-state index contributed by atoms with van der Waals surface area (Å²) in [5.74, 6) is 2.44. The second-order valence-corrected chi connectivity index (χ2v) is 21.9. The van der Waals surface area contributed by atoms with Crippen molar-refractivity contribution < 1.29 is 28.1 Å². The van der Waals surface area contributed by atoms with Crippen LogP contribution >= 0.6 is 14.3 Å². The number of methoxy groups -OCH3 is 4. The van der Waals surface area contributed by atoms with Crippen molar-refractivity contribution in [3.05, 3.63) is 218 Å². The van der Waals surface area contributed by atoms with Crippen molar-refractivity contribution in [2.45, 2.75) is 0 Å². The Labute approximate surface area is 397 Å². The fraction of sp³-hybridized carbons (Fsp3) is 0.0667. The first-order valence-corrected chi connectivity index (χ1v) is 25.7. The van der Waals surface area contributed by atoms with Crippen molar-refractivity contribution >= 4 is 67.7 Å². The number of rotatable bonds is 13. The molecule has 0 aliphatic rings. The first kappa shape index (κ1) is 44.2. The molecule has 0 heterocycles. The van der Waals surface area contributed by atoms with Gasteiger partial charge in [0.15, 0.2) is 37.3 Å². The molecule has 0 atom stereocenters. The van der Waals surface area contributed by atoms with Gasteiger partial charge in [0.2, 0.25) is 0 Å². The predicted molar refractivity (Wildman–Crippen MR) is 283 cm³/mol. The van der Waals surface area contributed by atoms with Gasteiger partial charge >= 0.3 is 0 Å². The molecule has 6 nitrogen and oxygen atoms in total. The first-order valence-electron chi connectivity index (χ1n) is 22.3. The van der Waals surface area contributed by atoms with Gasteiger partial charge in [-0.2, -0.15) is 0 Å². The van der Waals surface area contributed by atoms with Crippen molar-refractivity contribution in [1.82, 2.24) is 0 Å². The lowest BCUT2D eigenvalue weighted by molar-refractivity contribution is 0.355. The summed E-state index contributed by atoms with van der Waals surface area (Å²) < 4.78 is 57.1. The maximum atomic E-state index is 17.1. The highest BCUT2D eigenvalue weighted by Gasteiger charge is 2.38. The van der Waals surface area contributed by atoms with Gasteiger partial charge in [0, 0.05) is 43.0 Å². The molecule has 0 amide bonds. The van der Waals surface area contributed by atoms with Gasteiger partial charge in [0.25, 0.3) is 0 Å². The molecular formula is C60H48O6P2. The van der Waals surface area contributed by atoms with Crippen LogP contribution in [0.25, 0.3) is 54.9 Å². The van der Waals surface area contributed by atoms with E-state index in [0.717, 1.165) is 54.9 Å². The van der Waals surface area contributed by atoms with Gasteiger partial charge in [0.05, 0.1) is 28.4 Å². The van der Waals surface area contributed by atoms with Crippen molar-refractivity contribution in [2.24, 2.45) is 0 Å². The standard InChI is InChI=1S/C60H48O6P2/c1-63-53-35-31-41(39-55(53)65-3)47-27-17-29-51-49(47)33-37-57(67(61,43-19-9-5-10-20-43)44-21-11-6-12-22-44)59(51)60-52-30-18-28-48(42-32-36-54(64-2)56(40-42)66-4)50(52)34-38-58(60)68(62,45-23-13-7-14-24-45)46-25-15-8-16-26-46/h5-40H,1-4H3. The van der Waals surface area contributed by atoms with E-state index in [4.69, 9.17) is 18.9 Å². The van der Waals surface area contributed by atoms with Crippen LogP contribution in [0.3, 0.4) is 0 Å². The quantitative estimate of drug-likeness (QED) is 0.107. The molecule has 10 aromatic carbocycles. The highest BCUT2D eigenvalue weighted by atomic mass is 31.2. The average molecular weight is 927 g/mol. The van der Waals surface area contributed by atoms with E-state index in [1.807, 2.05) is 182 Å². The zero-order chi connectivity index (χ0) is 46.8. The van der Waals surface area contributed by atoms with Crippen LogP contribution in [0.1, 0.15) is 0 Å². The fourth-order valence-corrected chi connectivity index (χ4v) is 15.4. The van der Waals surface area contributed by atoms with Crippen molar-refractivity contribution in [3.63, 3.8) is 0 Å². The maximum absolute atomic E-state index is 17.1. The lowest BCUT2D eigenvalue weighted by atomic mass is 9.89. The van der Waals surface area contributed by atoms with Gasteiger partial charge < -0.3 is 28.1 Å². The minimum atomic E-state index is -3.73. The minimum Gasteiger partial charge on any atom is -0.493 e. The SMILES string of the molecule is COc1ccc(-c2cccc3c(-c4c(P(=O)(c5ccccc5)c5ccccc5)ccc5c(-c6ccc(OC)c(OC)c6)cccc45)c(P(=O)(c4ccccc4)c4ccccc4)ccc23)cc1OC. The highest BCUT2D eigenvalue weighted by molar-refractivity contribution is 7.86. The van der Waals surface area contributed by atoms with Gasteiger partial charge in [-0.1, -0.05) is 182 Å². The third-order valence-corrected chi connectivity index (χ3v) is 19.1. The minimum absolute atomic E-state index is 0.599. The lowest BCUT2D eigenvalue weighted by Crippen LogP contribution is -2.30. The third kappa shape index (κ3) is 7.47. The molecule has 334 valence electrons. The molecule has 0 aromatic heterocycles. The van der Waals surface area contributed by atoms with Crippen LogP contribution in [0, 0.1) is 0 Å². The van der Waals surface area contributed by atoms with Crippen molar-refractivity contribution in [2.75, 3.05) is 28.4 Å². The number of hydrogen-bond acceptors (Lipinski definition) is 6. The van der Waals surface area contributed by atoms with Crippen molar-refractivity contribution in [1.29, 1.82) is 0 Å². The molecule has 0 bridgehead atoms. The lowest BCUT2D eigenvalue weighted by Gasteiger charge is -2.29. The molecule has 0 saturated carbocycles. The Bertz CT molecular complexity index is 3240. The smallest absolute Gasteiger partial charge is 0.171 e. The Morgan fingerprint density at radius 3 is 0.926 bits per heavy atom. The van der Waals surface area contributed by atoms with Crippen LogP contribution in [-0.4, -0.2) is 28.4 Å². The van der Waals surface area contributed by atoms with E-state index in [1.54, 1.807) is 28.4 Å². The fourth-order valence-electron chi connectivity index (χ4n) is 9.66. The molecule has 0 aliphatic carbocycles. The van der Waals surface area contributed by atoms with Crippen LogP contribution in [0.5, 0.6) is 23.0 Å². The summed E-state index contributed by atoms with van der Waals surface area (Å²) in [6, 6.07) is 71.6. The molecular weight excluding hydrogens is 879 g/mol. The normalized spacial score (nSPS) is 11.6. The number of hydrogen-bond donors (Lipinski definition) is 0. The molecule has 10 rings (SSSR count). The molecule has 0 aliphatic heterocycles. The van der Waals surface area contributed by atoms with Gasteiger partial charge in [0.1, 0.15) is 0 Å². The third-order valence-electron chi connectivity index (χ3n) is 12.9. The van der Waals surface area contributed by atoms with Crippen LogP contribution in [0.4, 0.5) is 0 Å². The summed E-state index contributed by atoms with van der Waals surface area (Å²) >= 11 is 0. The Morgan fingerprint density at radius 1 is 0.294 bits per heavy atom. The molecule has 0 radical (unpaired) electrons. The Kier molecular flexibility index (Phi) is 12.1. The molecule has 8 heteroatoms. The molecule has 68 heavy (non-hydrogen) atoms. The number of fused-ring (bicyclic) bond motifs is 2. The van der Waals surface area contributed by atoms with E-state index < -0.39 is 14.3 Å². The summed E-state index contributed by atoms with van der Waals surface area (Å²) in [5.41, 5.74) is 5.17. The second-order valence-electron chi connectivity index (χ2n) is 16.4. The first-order chi connectivity index (χ1) is 33.3. The monoisotopic (exact) mass is 926 g/mol. The Morgan fingerprint density at radius 2 is 0.618 bits per heavy atom. The second kappa shape index (κ2) is 18.6. The maximum Gasteiger partial charge on any atom is 0.171 e. The molecule has 0 fully saturated rings. The highest BCUT2D eigenvalue weighted by Crippen LogP contribution is 2.53. The van der Waals surface area contributed by atoms with Crippen LogP contribution < -0.4 is 50.8 Å². The van der Waals surface area contributed by atoms with E-state index in [1.165, 1.54) is 0 Å². The van der Waals surface area contributed by atoms with E-state index in [-0.39, 0.29) is 0 Å². The van der Waals surface area contributed by atoms with Crippen LogP contribution in [0.15, 0.2) is 218 Å². The Balaban J connectivity index is 1.43. The molecule has 0 spiro atoms. The number of benzene rings is 10. The average Bonchev–Trinajstić information content (AvgIpc) is 3.42. The van der Waals surface area contributed by atoms with E-state index >= 15 is 9.13 Å². The zero-order valence-electron chi connectivity index (χ0n) is 38.1. The van der Waals surface area contributed by atoms with E-state index in [0.29, 0.717) is 54.8 Å². The molecule has 0 saturated heterocycles. The van der Waals surface area contributed by atoms with E-state index in [2.05, 4.69) is 36.4 Å². The summed E-state index contributed by atoms with van der Waals surface area (Å²) in [6.45, 7) is 0. The largest absolute Gasteiger partial charge is 0.493 e. The van der Waals surface area contributed by atoms with Crippen LogP contribution in [-0.2, 0) is 9.13 Å². The van der Waals surface area contributed by atoms with E-state index in [9.17, 15) is 0 Å². The summed E-state index contributed by atoms with van der Waals surface area (Å²) in [7, 11) is -0.944. The Hall–Kier alpha value is -7.62. The van der Waals surface area contributed by atoms with Gasteiger partial charge in [-0.25, -0.2) is 0 Å².